The first-order chi connectivity index (χ1) is 13.0. The SMILES string of the molecule is Cc1nn(CC(=O)Nc2cc3c(cc2Cl)OCCO3)c(=O)c2ccccc12. The van der Waals surface area contributed by atoms with Crippen molar-refractivity contribution in [3.63, 3.8) is 0 Å². The summed E-state index contributed by atoms with van der Waals surface area (Å²) in [5, 5.41) is 8.56. The minimum Gasteiger partial charge on any atom is -0.486 e. The molecule has 0 radical (unpaired) electrons. The summed E-state index contributed by atoms with van der Waals surface area (Å²) >= 11 is 6.21. The summed E-state index contributed by atoms with van der Waals surface area (Å²) in [6.07, 6.45) is 0. The molecule has 3 aromatic rings. The van der Waals surface area contributed by atoms with Gasteiger partial charge in [-0.3, -0.25) is 9.59 Å². The Labute approximate surface area is 159 Å². The van der Waals surface area contributed by atoms with Crippen LogP contribution in [0.3, 0.4) is 0 Å². The Balaban J connectivity index is 1.59. The van der Waals surface area contributed by atoms with Crippen LogP contribution in [0.4, 0.5) is 5.69 Å². The molecule has 27 heavy (non-hydrogen) atoms. The van der Waals surface area contributed by atoms with Crippen LogP contribution in [0.1, 0.15) is 5.69 Å². The van der Waals surface area contributed by atoms with Gasteiger partial charge < -0.3 is 14.8 Å². The van der Waals surface area contributed by atoms with E-state index in [1.54, 1.807) is 31.2 Å². The lowest BCUT2D eigenvalue weighted by Crippen LogP contribution is -2.30. The number of hydrogen-bond donors (Lipinski definition) is 1. The number of benzene rings is 2. The number of carbonyl (C=O) groups is 1. The summed E-state index contributed by atoms with van der Waals surface area (Å²) in [4.78, 5) is 25.0. The molecule has 0 atom stereocenters. The van der Waals surface area contributed by atoms with E-state index in [-0.39, 0.29) is 12.1 Å². The zero-order chi connectivity index (χ0) is 19.0. The van der Waals surface area contributed by atoms with Crippen LogP contribution in [0.25, 0.3) is 10.8 Å². The molecule has 0 aliphatic carbocycles. The van der Waals surface area contributed by atoms with Crippen LogP contribution in [0, 0.1) is 6.92 Å². The summed E-state index contributed by atoms with van der Waals surface area (Å²) in [6.45, 7) is 2.45. The fraction of sp³-hybridized carbons (Fsp3) is 0.211. The molecule has 0 fully saturated rings. The number of hydrogen-bond acceptors (Lipinski definition) is 5. The van der Waals surface area contributed by atoms with Gasteiger partial charge in [-0.1, -0.05) is 29.8 Å². The van der Waals surface area contributed by atoms with Crippen molar-refractivity contribution in [3.8, 4) is 11.5 Å². The molecule has 0 saturated carbocycles. The first-order valence-corrected chi connectivity index (χ1v) is 8.76. The van der Waals surface area contributed by atoms with E-state index in [0.29, 0.717) is 46.5 Å². The maximum Gasteiger partial charge on any atom is 0.275 e. The van der Waals surface area contributed by atoms with Crippen LogP contribution in [0.15, 0.2) is 41.2 Å². The Hall–Kier alpha value is -3.06. The Morgan fingerprint density at radius 3 is 2.59 bits per heavy atom. The van der Waals surface area contributed by atoms with E-state index in [0.717, 1.165) is 10.1 Å². The van der Waals surface area contributed by atoms with Gasteiger partial charge in [0.1, 0.15) is 19.8 Å². The summed E-state index contributed by atoms with van der Waals surface area (Å²) < 4.78 is 12.1. The maximum absolute atomic E-state index is 12.6. The molecule has 8 heteroatoms. The first-order valence-electron chi connectivity index (χ1n) is 8.38. The Kier molecular flexibility index (Phi) is 4.45. The van der Waals surface area contributed by atoms with Gasteiger partial charge in [-0.2, -0.15) is 5.10 Å². The van der Waals surface area contributed by atoms with E-state index in [4.69, 9.17) is 21.1 Å². The second kappa shape index (κ2) is 6.92. The number of aryl methyl sites for hydroxylation is 1. The molecule has 7 nitrogen and oxygen atoms in total. The average Bonchev–Trinajstić information content (AvgIpc) is 2.66. The highest BCUT2D eigenvalue weighted by molar-refractivity contribution is 6.34. The van der Waals surface area contributed by atoms with E-state index in [9.17, 15) is 9.59 Å². The predicted octanol–water partition coefficient (Wildman–Crippen LogP) is 2.77. The molecule has 0 bridgehead atoms. The van der Waals surface area contributed by atoms with Gasteiger partial charge in [0.05, 0.1) is 21.8 Å². The zero-order valence-electron chi connectivity index (χ0n) is 14.5. The zero-order valence-corrected chi connectivity index (χ0v) is 15.2. The Morgan fingerprint density at radius 2 is 1.85 bits per heavy atom. The Bertz CT molecular complexity index is 1110. The van der Waals surface area contributed by atoms with Crippen molar-refractivity contribution in [1.29, 1.82) is 0 Å². The number of amides is 1. The number of carbonyl (C=O) groups excluding carboxylic acids is 1. The van der Waals surface area contributed by atoms with Crippen molar-refractivity contribution in [2.75, 3.05) is 18.5 Å². The lowest BCUT2D eigenvalue weighted by molar-refractivity contribution is -0.117. The molecule has 0 saturated heterocycles. The van der Waals surface area contributed by atoms with Gasteiger partial charge in [-0.05, 0) is 13.0 Å². The molecule has 1 amide bonds. The number of rotatable bonds is 3. The van der Waals surface area contributed by atoms with Crippen LogP contribution in [0.2, 0.25) is 5.02 Å². The molecule has 1 aliphatic rings. The summed E-state index contributed by atoms with van der Waals surface area (Å²) in [7, 11) is 0. The third kappa shape index (κ3) is 3.33. The predicted molar refractivity (Wildman–Crippen MR) is 102 cm³/mol. The van der Waals surface area contributed by atoms with Crippen LogP contribution in [0.5, 0.6) is 11.5 Å². The molecule has 1 aromatic heterocycles. The molecule has 1 aliphatic heterocycles. The molecular weight excluding hydrogens is 370 g/mol. The molecule has 2 aromatic carbocycles. The standard InChI is InChI=1S/C19H16ClN3O4/c1-11-12-4-2-3-5-13(12)19(25)23(22-11)10-18(24)21-15-9-17-16(8-14(15)20)26-6-7-27-17/h2-5,8-9H,6-7,10H2,1H3,(H,21,24). The molecule has 1 N–H and O–H groups in total. The van der Waals surface area contributed by atoms with E-state index >= 15 is 0 Å². The molecule has 138 valence electrons. The minimum atomic E-state index is -0.419. The van der Waals surface area contributed by atoms with Gasteiger partial charge in [0.15, 0.2) is 11.5 Å². The fourth-order valence-corrected chi connectivity index (χ4v) is 3.20. The van der Waals surface area contributed by atoms with E-state index in [2.05, 4.69) is 10.4 Å². The van der Waals surface area contributed by atoms with Crippen LogP contribution >= 0.6 is 11.6 Å². The highest BCUT2D eigenvalue weighted by atomic mass is 35.5. The second-order valence-corrected chi connectivity index (χ2v) is 6.52. The monoisotopic (exact) mass is 385 g/mol. The second-order valence-electron chi connectivity index (χ2n) is 6.12. The van der Waals surface area contributed by atoms with Gasteiger partial charge >= 0.3 is 0 Å². The topological polar surface area (TPSA) is 82.5 Å². The van der Waals surface area contributed by atoms with Crippen molar-refractivity contribution in [2.24, 2.45) is 0 Å². The van der Waals surface area contributed by atoms with Crippen molar-refractivity contribution in [1.82, 2.24) is 9.78 Å². The number of ether oxygens (including phenoxy) is 2. The lowest BCUT2D eigenvalue weighted by Gasteiger charge is -2.20. The van der Waals surface area contributed by atoms with Gasteiger partial charge in [0.2, 0.25) is 5.91 Å². The largest absolute Gasteiger partial charge is 0.486 e. The van der Waals surface area contributed by atoms with Crippen molar-refractivity contribution >= 4 is 34.0 Å². The average molecular weight is 386 g/mol. The minimum absolute atomic E-state index is 0.227. The highest BCUT2D eigenvalue weighted by Crippen LogP contribution is 2.37. The summed E-state index contributed by atoms with van der Waals surface area (Å²) in [5.74, 6) is 0.628. The highest BCUT2D eigenvalue weighted by Gasteiger charge is 2.17. The number of aromatic nitrogens is 2. The van der Waals surface area contributed by atoms with Gasteiger partial charge in [-0.15, -0.1) is 0 Å². The molecule has 0 spiro atoms. The number of anilines is 1. The van der Waals surface area contributed by atoms with E-state index in [1.165, 1.54) is 0 Å². The molecule has 4 rings (SSSR count). The number of fused-ring (bicyclic) bond motifs is 2. The van der Waals surface area contributed by atoms with E-state index < -0.39 is 5.91 Å². The fourth-order valence-electron chi connectivity index (χ4n) is 3.00. The van der Waals surface area contributed by atoms with Crippen LogP contribution in [-0.4, -0.2) is 28.9 Å². The van der Waals surface area contributed by atoms with Crippen molar-refractivity contribution in [3.05, 3.63) is 57.5 Å². The number of nitrogens with one attached hydrogen (secondary N) is 1. The van der Waals surface area contributed by atoms with Gasteiger partial charge in [0, 0.05) is 17.5 Å². The van der Waals surface area contributed by atoms with E-state index in [1.807, 2.05) is 12.1 Å². The maximum atomic E-state index is 12.6. The normalized spacial score (nSPS) is 12.8. The quantitative estimate of drug-likeness (QED) is 0.749. The van der Waals surface area contributed by atoms with Crippen LogP contribution in [-0.2, 0) is 11.3 Å². The van der Waals surface area contributed by atoms with Gasteiger partial charge in [-0.25, -0.2) is 4.68 Å². The smallest absolute Gasteiger partial charge is 0.275 e. The van der Waals surface area contributed by atoms with Gasteiger partial charge in [0.25, 0.3) is 5.56 Å². The van der Waals surface area contributed by atoms with Crippen molar-refractivity contribution in [2.45, 2.75) is 13.5 Å². The molecule has 0 unspecified atom stereocenters. The molecule has 2 heterocycles. The summed E-state index contributed by atoms with van der Waals surface area (Å²) in [5.41, 5.74) is 0.742. The first kappa shape index (κ1) is 17.4. The third-order valence-corrected chi connectivity index (χ3v) is 4.56. The van der Waals surface area contributed by atoms with Crippen LogP contribution < -0.4 is 20.3 Å². The number of nitrogens with zero attached hydrogens (tertiary/aromatic N) is 2. The third-order valence-electron chi connectivity index (χ3n) is 4.25. The summed E-state index contributed by atoms with van der Waals surface area (Å²) in [6, 6.07) is 10.4. The number of halogens is 1. The lowest BCUT2D eigenvalue weighted by atomic mass is 10.1. The van der Waals surface area contributed by atoms with Crippen molar-refractivity contribution < 1.29 is 14.3 Å². The molecular formula is C19H16ClN3O4. The Morgan fingerprint density at radius 1 is 1.19 bits per heavy atom.